The van der Waals surface area contributed by atoms with E-state index in [4.69, 9.17) is 5.73 Å². The quantitative estimate of drug-likeness (QED) is 0.641. The maximum absolute atomic E-state index is 11.5. The fourth-order valence-corrected chi connectivity index (χ4v) is 3.22. The van der Waals surface area contributed by atoms with E-state index in [-0.39, 0.29) is 16.5 Å². The Morgan fingerprint density at radius 3 is 2.68 bits per heavy atom. The van der Waals surface area contributed by atoms with Crippen molar-refractivity contribution in [3.8, 4) is 0 Å². The van der Waals surface area contributed by atoms with Crippen molar-refractivity contribution >= 4 is 27.1 Å². The van der Waals surface area contributed by atoms with Crippen LogP contribution in [0.2, 0.25) is 0 Å². The van der Waals surface area contributed by atoms with Gasteiger partial charge in [-0.1, -0.05) is 0 Å². The zero-order valence-electron chi connectivity index (χ0n) is 12.1. The Morgan fingerprint density at radius 1 is 1.45 bits per heavy atom. The smallest absolute Gasteiger partial charge is 0.293 e. The van der Waals surface area contributed by atoms with Crippen LogP contribution in [0, 0.1) is 16.0 Å². The number of sulfone groups is 1. The summed E-state index contributed by atoms with van der Waals surface area (Å²) in [6, 6.07) is 3.81. The molecule has 1 fully saturated rings. The summed E-state index contributed by atoms with van der Waals surface area (Å²) >= 11 is 0. The third kappa shape index (κ3) is 3.35. The monoisotopic (exact) mass is 327 g/mol. The lowest BCUT2D eigenvalue weighted by Gasteiger charge is -2.32. The van der Waals surface area contributed by atoms with Gasteiger partial charge in [-0.25, -0.2) is 8.42 Å². The molecule has 1 aromatic carbocycles. The molecule has 0 aliphatic carbocycles. The second kappa shape index (κ2) is 5.91. The van der Waals surface area contributed by atoms with Gasteiger partial charge < -0.3 is 10.6 Å². The molecule has 1 amide bonds. The summed E-state index contributed by atoms with van der Waals surface area (Å²) in [6.07, 6.45) is 2.34. The number of hydrogen-bond donors (Lipinski definition) is 1. The van der Waals surface area contributed by atoms with Crippen LogP contribution in [0.1, 0.15) is 12.8 Å². The molecule has 9 heteroatoms. The Balaban J connectivity index is 2.42. The Hall–Kier alpha value is -2.16. The molecule has 0 saturated carbocycles. The molecule has 1 atom stereocenters. The Morgan fingerprint density at radius 2 is 2.14 bits per heavy atom. The van der Waals surface area contributed by atoms with Crippen molar-refractivity contribution in [2.45, 2.75) is 17.7 Å². The summed E-state index contributed by atoms with van der Waals surface area (Å²) in [5.74, 6) is -0.789. The van der Waals surface area contributed by atoms with Crippen LogP contribution in [-0.2, 0) is 14.6 Å². The number of amides is 1. The van der Waals surface area contributed by atoms with E-state index >= 15 is 0 Å². The highest BCUT2D eigenvalue weighted by molar-refractivity contribution is 7.90. The number of primary amides is 1. The van der Waals surface area contributed by atoms with Gasteiger partial charge in [-0.3, -0.25) is 14.9 Å². The standard InChI is InChI=1S/C13H17N3O5S/c1-22(20,21)10-4-5-11(12(7-10)16(18)19)15-6-2-3-9(8-15)13(14)17/h4-5,7,9H,2-3,6,8H2,1H3,(H2,14,17)/t9-/m1/s1. The number of nitrogens with zero attached hydrogens (tertiary/aromatic N) is 2. The second-order valence-electron chi connectivity index (χ2n) is 5.37. The number of nitro groups is 1. The SMILES string of the molecule is CS(=O)(=O)c1ccc(N2CCC[C@@H](C(N)=O)C2)c([N+](=O)[O-])c1. The van der Waals surface area contributed by atoms with E-state index in [0.717, 1.165) is 12.3 Å². The largest absolute Gasteiger partial charge is 0.369 e. The Kier molecular flexibility index (Phi) is 4.36. The van der Waals surface area contributed by atoms with E-state index in [1.807, 2.05) is 0 Å². The van der Waals surface area contributed by atoms with Crippen LogP contribution in [0.25, 0.3) is 0 Å². The van der Waals surface area contributed by atoms with E-state index in [0.29, 0.717) is 31.6 Å². The molecule has 2 N–H and O–H groups in total. The van der Waals surface area contributed by atoms with Crippen LogP contribution in [0.4, 0.5) is 11.4 Å². The zero-order valence-corrected chi connectivity index (χ0v) is 12.9. The lowest BCUT2D eigenvalue weighted by Crippen LogP contribution is -2.41. The molecule has 8 nitrogen and oxygen atoms in total. The van der Waals surface area contributed by atoms with Gasteiger partial charge in [0.15, 0.2) is 9.84 Å². The highest BCUT2D eigenvalue weighted by Crippen LogP contribution is 2.33. The first-order valence-electron chi connectivity index (χ1n) is 6.73. The van der Waals surface area contributed by atoms with Crippen molar-refractivity contribution in [3.05, 3.63) is 28.3 Å². The number of benzene rings is 1. The minimum atomic E-state index is -3.53. The third-order valence-corrected chi connectivity index (χ3v) is 4.85. The van der Waals surface area contributed by atoms with Gasteiger partial charge in [0.2, 0.25) is 5.91 Å². The highest BCUT2D eigenvalue weighted by atomic mass is 32.2. The molecule has 0 spiro atoms. The summed E-state index contributed by atoms with van der Waals surface area (Å²) in [5, 5.41) is 11.3. The first kappa shape index (κ1) is 16.2. The first-order valence-corrected chi connectivity index (χ1v) is 8.62. The van der Waals surface area contributed by atoms with Crippen LogP contribution >= 0.6 is 0 Å². The average Bonchev–Trinajstić information content (AvgIpc) is 2.45. The van der Waals surface area contributed by atoms with Crippen LogP contribution in [-0.4, -0.2) is 38.6 Å². The molecule has 0 unspecified atom stereocenters. The number of piperidine rings is 1. The average molecular weight is 327 g/mol. The number of carbonyl (C=O) groups is 1. The Bertz CT molecular complexity index is 716. The van der Waals surface area contributed by atoms with Crippen molar-refractivity contribution < 1.29 is 18.1 Å². The minimum absolute atomic E-state index is 0.105. The molecular weight excluding hydrogens is 310 g/mol. The van der Waals surface area contributed by atoms with Gasteiger partial charge >= 0.3 is 0 Å². The summed E-state index contributed by atoms with van der Waals surface area (Å²) in [6.45, 7) is 0.858. The van der Waals surface area contributed by atoms with Gasteiger partial charge in [-0.05, 0) is 25.0 Å². The van der Waals surface area contributed by atoms with Gasteiger partial charge in [0.1, 0.15) is 5.69 Å². The van der Waals surface area contributed by atoms with Crippen molar-refractivity contribution in [2.24, 2.45) is 11.7 Å². The molecule has 1 saturated heterocycles. The predicted molar refractivity (Wildman–Crippen MR) is 80.3 cm³/mol. The molecule has 1 aliphatic heterocycles. The molecule has 1 heterocycles. The van der Waals surface area contributed by atoms with E-state index in [2.05, 4.69) is 0 Å². The normalized spacial score (nSPS) is 19.0. The van der Waals surface area contributed by atoms with E-state index in [1.165, 1.54) is 12.1 Å². The second-order valence-corrected chi connectivity index (χ2v) is 7.38. The number of nitro benzene ring substituents is 1. The number of nitrogens with two attached hydrogens (primary N) is 1. The topological polar surface area (TPSA) is 124 Å². The number of rotatable bonds is 4. The van der Waals surface area contributed by atoms with Crippen LogP contribution < -0.4 is 10.6 Å². The highest BCUT2D eigenvalue weighted by Gasteiger charge is 2.29. The van der Waals surface area contributed by atoms with Gasteiger partial charge in [0, 0.05) is 25.4 Å². The summed E-state index contributed by atoms with van der Waals surface area (Å²) < 4.78 is 23.1. The number of carbonyl (C=O) groups excluding carboxylic acids is 1. The first-order chi connectivity index (χ1) is 10.2. The maximum Gasteiger partial charge on any atom is 0.293 e. The lowest BCUT2D eigenvalue weighted by atomic mass is 9.97. The molecule has 22 heavy (non-hydrogen) atoms. The molecular formula is C13H17N3O5S. The molecule has 2 rings (SSSR count). The minimum Gasteiger partial charge on any atom is -0.369 e. The van der Waals surface area contributed by atoms with E-state index in [9.17, 15) is 23.3 Å². The van der Waals surface area contributed by atoms with Crippen molar-refractivity contribution in [1.29, 1.82) is 0 Å². The molecule has 1 aromatic rings. The fraction of sp³-hybridized carbons (Fsp3) is 0.462. The molecule has 0 aromatic heterocycles. The predicted octanol–water partition coefficient (Wildman–Crippen LogP) is 0.700. The molecule has 120 valence electrons. The third-order valence-electron chi connectivity index (χ3n) is 3.74. The number of anilines is 1. The van der Waals surface area contributed by atoms with Crippen LogP contribution in [0.3, 0.4) is 0 Å². The van der Waals surface area contributed by atoms with Gasteiger partial charge in [0.25, 0.3) is 5.69 Å². The molecule has 0 bridgehead atoms. The van der Waals surface area contributed by atoms with E-state index in [1.54, 1.807) is 4.90 Å². The fourth-order valence-electron chi connectivity index (χ4n) is 2.58. The van der Waals surface area contributed by atoms with Crippen molar-refractivity contribution in [1.82, 2.24) is 0 Å². The summed E-state index contributed by atoms with van der Waals surface area (Å²) in [5.41, 5.74) is 5.33. The maximum atomic E-state index is 11.5. The van der Waals surface area contributed by atoms with Gasteiger partial charge in [-0.2, -0.15) is 0 Å². The number of hydrogen-bond acceptors (Lipinski definition) is 6. The van der Waals surface area contributed by atoms with E-state index < -0.39 is 20.7 Å². The Labute approximate surface area is 128 Å². The zero-order chi connectivity index (χ0) is 16.5. The lowest BCUT2D eigenvalue weighted by molar-refractivity contribution is -0.384. The van der Waals surface area contributed by atoms with Gasteiger partial charge in [0.05, 0.1) is 15.7 Å². The summed E-state index contributed by atoms with van der Waals surface area (Å²) in [7, 11) is -3.53. The van der Waals surface area contributed by atoms with Crippen molar-refractivity contribution in [2.75, 3.05) is 24.2 Å². The summed E-state index contributed by atoms with van der Waals surface area (Å²) in [4.78, 5) is 23.6. The van der Waals surface area contributed by atoms with Gasteiger partial charge in [-0.15, -0.1) is 0 Å². The van der Waals surface area contributed by atoms with Crippen LogP contribution in [0.15, 0.2) is 23.1 Å². The van der Waals surface area contributed by atoms with Crippen molar-refractivity contribution in [3.63, 3.8) is 0 Å². The van der Waals surface area contributed by atoms with Crippen LogP contribution in [0.5, 0.6) is 0 Å². The molecule has 1 aliphatic rings. The molecule has 0 radical (unpaired) electrons.